The van der Waals surface area contributed by atoms with Crippen LogP contribution in [0, 0.1) is 6.92 Å². The molecule has 7 nitrogen and oxygen atoms in total. The SMILES string of the molecule is CCCS(=O)(=O)Nc1cc(S(=O)(=O)N2CCOCC2)ccc1C. The number of anilines is 1. The molecule has 9 heteroatoms. The van der Waals surface area contributed by atoms with E-state index < -0.39 is 20.0 Å². The zero-order valence-corrected chi connectivity index (χ0v) is 14.9. The summed E-state index contributed by atoms with van der Waals surface area (Å²) in [4.78, 5) is 0.0826. The van der Waals surface area contributed by atoms with E-state index in [2.05, 4.69) is 4.72 Å². The molecule has 1 aliphatic rings. The Bertz CT molecular complexity index is 753. The van der Waals surface area contributed by atoms with Crippen LogP contribution in [-0.4, -0.2) is 53.2 Å². The summed E-state index contributed by atoms with van der Waals surface area (Å²) in [5.74, 6) is -0.00706. The average Bonchev–Trinajstić information content (AvgIpc) is 2.50. The molecule has 1 fully saturated rings. The van der Waals surface area contributed by atoms with Crippen molar-refractivity contribution >= 4 is 25.7 Å². The third kappa shape index (κ3) is 4.43. The summed E-state index contributed by atoms with van der Waals surface area (Å²) in [5, 5.41) is 0. The van der Waals surface area contributed by atoms with Gasteiger partial charge in [-0.2, -0.15) is 4.31 Å². The molecule has 1 aliphatic heterocycles. The van der Waals surface area contributed by atoms with E-state index in [4.69, 9.17) is 4.74 Å². The van der Waals surface area contributed by atoms with Crippen LogP contribution < -0.4 is 4.72 Å². The van der Waals surface area contributed by atoms with Crippen molar-refractivity contribution in [3.63, 3.8) is 0 Å². The number of rotatable bonds is 6. The minimum atomic E-state index is -3.65. The monoisotopic (exact) mass is 362 g/mol. The molecule has 1 saturated heterocycles. The fourth-order valence-electron chi connectivity index (χ4n) is 2.29. The lowest BCUT2D eigenvalue weighted by Gasteiger charge is -2.26. The summed E-state index contributed by atoms with van der Waals surface area (Å²) in [6, 6.07) is 4.49. The molecule has 0 unspecified atom stereocenters. The van der Waals surface area contributed by atoms with Crippen molar-refractivity contribution in [2.24, 2.45) is 0 Å². The highest BCUT2D eigenvalue weighted by molar-refractivity contribution is 7.92. The molecule has 0 aliphatic carbocycles. The van der Waals surface area contributed by atoms with Crippen molar-refractivity contribution < 1.29 is 21.6 Å². The zero-order chi connectivity index (χ0) is 17.1. The number of hydrogen-bond donors (Lipinski definition) is 1. The number of morpholine rings is 1. The Hall–Kier alpha value is -1.16. The first kappa shape index (κ1) is 18.2. The van der Waals surface area contributed by atoms with Crippen molar-refractivity contribution in [2.75, 3.05) is 36.8 Å². The molecule has 0 bridgehead atoms. The number of hydrogen-bond acceptors (Lipinski definition) is 5. The maximum Gasteiger partial charge on any atom is 0.243 e. The number of sulfonamides is 2. The van der Waals surface area contributed by atoms with Gasteiger partial charge in [0.1, 0.15) is 0 Å². The van der Waals surface area contributed by atoms with Gasteiger partial charge in [-0.3, -0.25) is 4.72 Å². The Kier molecular flexibility index (Phi) is 5.66. The van der Waals surface area contributed by atoms with Gasteiger partial charge >= 0.3 is 0 Å². The molecule has 0 amide bonds. The summed E-state index contributed by atoms with van der Waals surface area (Å²) in [5.41, 5.74) is 0.971. The van der Waals surface area contributed by atoms with Gasteiger partial charge < -0.3 is 4.74 Å². The molecule has 1 aromatic carbocycles. The van der Waals surface area contributed by atoms with Crippen LogP contribution in [0.25, 0.3) is 0 Å². The Morgan fingerprint density at radius 2 is 1.83 bits per heavy atom. The van der Waals surface area contributed by atoms with Crippen molar-refractivity contribution in [3.8, 4) is 0 Å². The number of aryl methyl sites for hydroxylation is 1. The second kappa shape index (κ2) is 7.16. The molecule has 2 rings (SSSR count). The molecular weight excluding hydrogens is 340 g/mol. The fraction of sp³-hybridized carbons (Fsp3) is 0.571. The van der Waals surface area contributed by atoms with Gasteiger partial charge in [-0.05, 0) is 31.0 Å². The zero-order valence-electron chi connectivity index (χ0n) is 13.3. The quantitative estimate of drug-likeness (QED) is 0.820. The average molecular weight is 362 g/mol. The lowest BCUT2D eigenvalue weighted by Crippen LogP contribution is -2.40. The van der Waals surface area contributed by atoms with Crippen LogP contribution in [0.1, 0.15) is 18.9 Å². The molecule has 23 heavy (non-hydrogen) atoms. The van der Waals surface area contributed by atoms with Crippen LogP contribution in [-0.2, 0) is 24.8 Å². The first-order valence-electron chi connectivity index (χ1n) is 7.45. The maximum absolute atomic E-state index is 12.6. The topological polar surface area (TPSA) is 92.8 Å². The van der Waals surface area contributed by atoms with Crippen LogP contribution in [0.2, 0.25) is 0 Å². The molecule has 0 aromatic heterocycles. The highest BCUT2D eigenvalue weighted by atomic mass is 32.2. The highest BCUT2D eigenvalue weighted by Crippen LogP contribution is 2.24. The standard InChI is InChI=1S/C14H22N2O5S2/c1-3-10-22(17,18)15-14-11-13(5-4-12(14)2)23(19,20)16-6-8-21-9-7-16/h4-5,11,15H,3,6-10H2,1-2H3. The van der Waals surface area contributed by atoms with Gasteiger partial charge in [-0.15, -0.1) is 0 Å². The predicted molar refractivity (Wildman–Crippen MR) is 88.5 cm³/mol. The second-order valence-electron chi connectivity index (χ2n) is 5.41. The van der Waals surface area contributed by atoms with Crippen molar-refractivity contribution in [2.45, 2.75) is 25.2 Å². The van der Waals surface area contributed by atoms with E-state index in [0.717, 1.165) is 0 Å². The van der Waals surface area contributed by atoms with Crippen LogP contribution in [0.4, 0.5) is 5.69 Å². The first-order chi connectivity index (χ1) is 10.8. The summed E-state index contributed by atoms with van der Waals surface area (Å²) in [6.07, 6.45) is 0.486. The summed E-state index contributed by atoms with van der Waals surface area (Å²) >= 11 is 0. The molecule has 1 N–H and O–H groups in total. The predicted octanol–water partition coefficient (Wildman–Crippen LogP) is 1.17. The van der Waals surface area contributed by atoms with E-state index in [9.17, 15) is 16.8 Å². The third-order valence-electron chi connectivity index (χ3n) is 3.56. The normalized spacial score (nSPS) is 17.1. The van der Waals surface area contributed by atoms with Crippen molar-refractivity contribution in [1.29, 1.82) is 0 Å². The lowest BCUT2D eigenvalue weighted by molar-refractivity contribution is 0.0730. The van der Waals surface area contributed by atoms with Gasteiger partial charge in [0.15, 0.2) is 0 Å². The van der Waals surface area contributed by atoms with E-state index in [0.29, 0.717) is 44.0 Å². The third-order valence-corrected chi connectivity index (χ3v) is 6.93. The molecule has 130 valence electrons. The van der Waals surface area contributed by atoms with E-state index in [1.165, 1.54) is 16.4 Å². The van der Waals surface area contributed by atoms with E-state index in [1.54, 1.807) is 19.9 Å². The minimum absolute atomic E-state index is 0.00706. The number of nitrogens with one attached hydrogen (secondary N) is 1. The van der Waals surface area contributed by atoms with Gasteiger partial charge in [0.2, 0.25) is 20.0 Å². The van der Waals surface area contributed by atoms with Crippen LogP contribution in [0.3, 0.4) is 0 Å². The van der Waals surface area contributed by atoms with Gasteiger partial charge in [-0.1, -0.05) is 13.0 Å². The van der Waals surface area contributed by atoms with Crippen molar-refractivity contribution in [1.82, 2.24) is 4.31 Å². The molecule has 0 atom stereocenters. The molecular formula is C14H22N2O5S2. The van der Waals surface area contributed by atoms with Gasteiger partial charge in [0.05, 0.1) is 29.5 Å². The number of ether oxygens (including phenoxy) is 1. The largest absolute Gasteiger partial charge is 0.379 e. The van der Waals surface area contributed by atoms with Crippen LogP contribution in [0.5, 0.6) is 0 Å². The maximum atomic E-state index is 12.6. The second-order valence-corrected chi connectivity index (χ2v) is 9.19. The number of nitrogens with zero attached hydrogens (tertiary/aromatic N) is 1. The van der Waals surface area contributed by atoms with Crippen LogP contribution >= 0.6 is 0 Å². The van der Waals surface area contributed by atoms with E-state index in [1.807, 2.05) is 0 Å². The Morgan fingerprint density at radius 3 is 2.43 bits per heavy atom. The van der Waals surface area contributed by atoms with Crippen molar-refractivity contribution in [3.05, 3.63) is 23.8 Å². The molecule has 0 spiro atoms. The fourth-order valence-corrected chi connectivity index (χ4v) is 4.92. The van der Waals surface area contributed by atoms with Gasteiger partial charge in [0, 0.05) is 13.1 Å². The van der Waals surface area contributed by atoms with Gasteiger partial charge in [0.25, 0.3) is 0 Å². The lowest BCUT2D eigenvalue weighted by atomic mass is 10.2. The molecule has 1 heterocycles. The Labute approximate surface area is 137 Å². The molecule has 1 aromatic rings. The molecule has 0 radical (unpaired) electrons. The van der Waals surface area contributed by atoms with Gasteiger partial charge in [-0.25, -0.2) is 16.8 Å². The Balaban J connectivity index is 2.32. The summed E-state index contributed by atoms with van der Waals surface area (Å²) in [7, 11) is -7.12. The van der Waals surface area contributed by atoms with E-state index >= 15 is 0 Å². The van der Waals surface area contributed by atoms with Crippen LogP contribution in [0.15, 0.2) is 23.1 Å². The summed E-state index contributed by atoms with van der Waals surface area (Å²) in [6.45, 7) is 4.82. The first-order valence-corrected chi connectivity index (χ1v) is 10.5. The Morgan fingerprint density at radius 1 is 1.17 bits per heavy atom. The number of benzene rings is 1. The molecule has 0 saturated carbocycles. The summed E-state index contributed by atoms with van der Waals surface area (Å²) < 4.78 is 58.1. The van der Waals surface area contributed by atoms with E-state index in [-0.39, 0.29) is 10.6 Å². The highest BCUT2D eigenvalue weighted by Gasteiger charge is 2.27. The minimum Gasteiger partial charge on any atom is -0.379 e. The smallest absolute Gasteiger partial charge is 0.243 e.